The summed E-state index contributed by atoms with van der Waals surface area (Å²) in [5, 5.41) is 11.0. The zero-order valence-electron chi connectivity index (χ0n) is 16.3. The molecule has 0 spiro atoms. The van der Waals surface area contributed by atoms with Gasteiger partial charge >= 0.3 is 0 Å². The lowest BCUT2D eigenvalue weighted by Crippen LogP contribution is -2.05. The minimum Gasteiger partial charge on any atom is -0.493 e. The van der Waals surface area contributed by atoms with Crippen molar-refractivity contribution in [2.24, 2.45) is 13.0 Å². The second-order valence-electron chi connectivity index (χ2n) is 7.28. The lowest BCUT2D eigenvalue weighted by Gasteiger charge is -2.12. The molecule has 0 fully saturated rings. The Balaban J connectivity index is 1.84. The highest BCUT2D eigenvalue weighted by molar-refractivity contribution is 9.08. The Morgan fingerprint density at radius 1 is 1.11 bits per heavy atom. The topological polar surface area (TPSA) is 44.9 Å². The fourth-order valence-corrected chi connectivity index (χ4v) is 3.55. The van der Waals surface area contributed by atoms with Crippen LogP contribution in [0.5, 0.6) is 5.75 Å². The highest BCUT2D eigenvalue weighted by Crippen LogP contribution is 2.30. The van der Waals surface area contributed by atoms with E-state index in [1.807, 2.05) is 40.8 Å². The second-order valence-corrected chi connectivity index (χ2v) is 7.84. The zero-order chi connectivity index (χ0) is 19.7. The van der Waals surface area contributed by atoms with Gasteiger partial charge in [-0.15, -0.1) is 0 Å². The molecule has 4 aromatic rings. The van der Waals surface area contributed by atoms with Crippen LogP contribution in [-0.4, -0.2) is 26.2 Å². The molecule has 0 unspecified atom stereocenters. The summed E-state index contributed by atoms with van der Waals surface area (Å²) in [7, 11) is 1.96. The van der Waals surface area contributed by atoms with Gasteiger partial charge in [-0.25, -0.2) is 4.68 Å². The molecule has 0 aliphatic rings. The highest BCUT2D eigenvalue weighted by Gasteiger charge is 2.16. The van der Waals surface area contributed by atoms with Gasteiger partial charge < -0.3 is 4.74 Å². The number of fused-ring (bicyclic) bond motifs is 1. The first kappa shape index (κ1) is 18.7. The molecular weight excluding hydrogens is 416 g/mol. The third-order valence-corrected chi connectivity index (χ3v) is 5.15. The second kappa shape index (κ2) is 7.80. The Kier molecular flexibility index (Phi) is 5.22. The monoisotopic (exact) mass is 438 g/mol. The third kappa shape index (κ3) is 3.56. The lowest BCUT2D eigenvalue weighted by atomic mass is 10.1. The Bertz CT molecular complexity index is 1110. The number of nitrogens with zero attached hydrogens (tertiary/aromatic N) is 4. The molecule has 0 radical (unpaired) electrons. The number of aryl methyl sites for hydroxylation is 1. The molecule has 0 saturated heterocycles. The van der Waals surface area contributed by atoms with E-state index in [-0.39, 0.29) is 0 Å². The third-order valence-electron chi connectivity index (χ3n) is 4.58. The van der Waals surface area contributed by atoms with Crippen molar-refractivity contribution in [1.82, 2.24) is 19.6 Å². The minimum atomic E-state index is 0.483. The van der Waals surface area contributed by atoms with E-state index in [9.17, 15) is 0 Å². The number of rotatable bonds is 6. The van der Waals surface area contributed by atoms with Crippen molar-refractivity contribution >= 4 is 26.8 Å². The van der Waals surface area contributed by atoms with Gasteiger partial charge in [-0.1, -0.05) is 54.0 Å². The predicted molar refractivity (Wildman–Crippen MR) is 116 cm³/mol. The number of aromatic nitrogens is 4. The number of alkyl halides is 1. The van der Waals surface area contributed by atoms with E-state index >= 15 is 0 Å². The summed E-state index contributed by atoms with van der Waals surface area (Å²) in [4.78, 5) is 0. The summed E-state index contributed by atoms with van der Waals surface area (Å²) in [6.07, 6.45) is 1.88. The number of halogens is 1. The maximum atomic E-state index is 5.93. The van der Waals surface area contributed by atoms with Gasteiger partial charge in [0.05, 0.1) is 35.4 Å². The van der Waals surface area contributed by atoms with Gasteiger partial charge in [0.15, 0.2) is 0 Å². The minimum absolute atomic E-state index is 0.483. The molecule has 5 nitrogen and oxygen atoms in total. The molecule has 28 heavy (non-hydrogen) atoms. The smallest absolute Gasteiger partial charge is 0.119 e. The number of ether oxygens (including phenoxy) is 1. The Hall–Kier alpha value is -2.60. The number of benzene rings is 2. The van der Waals surface area contributed by atoms with Crippen LogP contribution in [0.3, 0.4) is 0 Å². The molecule has 0 N–H and O–H groups in total. The van der Waals surface area contributed by atoms with Crippen molar-refractivity contribution in [3.05, 3.63) is 60.4 Å². The molecular formula is C22H23BrN4O. The van der Waals surface area contributed by atoms with Gasteiger partial charge in [0.2, 0.25) is 0 Å². The van der Waals surface area contributed by atoms with Crippen LogP contribution in [0.25, 0.3) is 27.8 Å². The van der Waals surface area contributed by atoms with E-state index in [1.165, 1.54) is 0 Å². The van der Waals surface area contributed by atoms with Gasteiger partial charge in [0.1, 0.15) is 5.75 Å². The maximum Gasteiger partial charge on any atom is 0.119 e. The Labute approximate surface area is 173 Å². The quantitative estimate of drug-likeness (QED) is 0.380. The molecule has 144 valence electrons. The van der Waals surface area contributed by atoms with E-state index in [0.717, 1.165) is 39.3 Å². The van der Waals surface area contributed by atoms with Crippen molar-refractivity contribution in [1.29, 1.82) is 0 Å². The van der Waals surface area contributed by atoms with Crippen molar-refractivity contribution in [3.8, 4) is 22.7 Å². The SMILES string of the molecule is CC(C)COc1cccc(-c2cc(CBr)nn2-c2cccc3cnn(C)c23)c1. The summed E-state index contributed by atoms with van der Waals surface area (Å²) in [5.41, 5.74) is 5.13. The van der Waals surface area contributed by atoms with Gasteiger partial charge in [-0.3, -0.25) is 4.68 Å². The van der Waals surface area contributed by atoms with Crippen molar-refractivity contribution in [2.75, 3.05) is 6.61 Å². The van der Waals surface area contributed by atoms with Gasteiger partial charge in [0.25, 0.3) is 0 Å². The normalized spacial score (nSPS) is 11.5. The predicted octanol–water partition coefficient (Wildman–Crippen LogP) is 5.36. The zero-order valence-corrected chi connectivity index (χ0v) is 17.8. The standard InChI is InChI=1S/C22H23BrN4O/c1-15(2)14-28-19-8-4-6-16(10-19)21-11-18(12-23)25-27(21)20-9-5-7-17-13-24-26(3)22(17)20/h4-11,13,15H,12,14H2,1-3H3. The highest BCUT2D eigenvalue weighted by atomic mass is 79.9. The molecule has 0 amide bonds. The summed E-state index contributed by atoms with van der Waals surface area (Å²) < 4.78 is 9.83. The van der Waals surface area contributed by atoms with Crippen LogP contribution in [0.4, 0.5) is 0 Å². The Morgan fingerprint density at radius 3 is 2.71 bits per heavy atom. The van der Waals surface area contributed by atoms with Gasteiger partial charge in [0, 0.05) is 23.3 Å². The van der Waals surface area contributed by atoms with Gasteiger partial charge in [-0.05, 0) is 30.2 Å². The molecule has 6 heteroatoms. The van der Waals surface area contributed by atoms with E-state index in [1.54, 1.807) is 0 Å². The molecule has 0 aliphatic heterocycles. The van der Waals surface area contributed by atoms with Crippen LogP contribution < -0.4 is 4.74 Å². The molecule has 2 aromatic carbocycles. The van der Waals surface area contributed by atoms with Crippen LogP contribution in [0.2, 0.25) is 0 Å². The molecule has 0 atom stereocenters. The van der Waals surface area contributed by atoms with Crippen molar-refractivity contribution < 1.29 is 4.74 Å². The van der Waals surface area contributed by atoms with E-state index in [0.29, 0.717) is 17.9 Å². The first-order valence-corrected chi connectivity index (χ1v) is 10.5. The van der Waals surface area contributed by atoms with Crippen LogP contribution in [0, 0.1) is 5.92 Å². The molecule has 4 rings (SSSR count). The summed E-state index contributed by atoms with van der Waals surface area (Å²) in [6, 6.07) is 16.5. The first-order valence-electron chi connectivity index (χ1n) is 9.36. The molecule has 0 saturated carbocycles. The number of para-hydroxylation sites is 1. The molecule has 2 aromatic heterocycles. The Morgan fingerprint density at radius 2 is 1.93 bits per heavy atom. The summed E-state index contributed by atoms with van der Waals surface area (Å²) in [5.74, 6) is 1.36. The summed E-state index contributed by atoms with van der Waals surface area (Å²) >= 11 is 3.54. The van der Waals surface area contributed by atoms with Crippen LogP contribution >= 0.6 is 15.9 Å². The average Bonchev–Trinajstić information content (AvgIpc) is 3.31. The fraction of sp³-hybridized carbons (Fsp3) is 0.273. The van der Waals surface area contributed by atoms with Crippen molar-refractivity contribution in [3.63, 3.8) is 0 Å². The van der Waals surface area contributed by atoms with E-state index in [4.69, 9.17) is 9.84 Å². The first-order chi connectivity index (χ1) is 13.6. The largest absolute Gasteiger partial charge is 0.493 e. The van der Waals surface area contributed by atoms with Gasteiger partial charge in [-0.2, -0.15) is 10.2 Å². The van der Waals surface area contributed by atoms with Crippen LogP contribution in [-0.2, 0) is 12.4 Å². The maximum absolute atomic E-state index is 5.93. The summed E-state index contributed by atoms with van der Waals surface area (Å²) in [6.45, 7) is 5.00. The van der Waals surface area contributed by atoms with Crippen LogP contribution in [0.15, 0.2) is 54.7 Å². The molecule has 2 heterocycles. The van der Waals surface area contributed by atoms with Crippen molar-refractivity contribution in [2.45, 2.75) is 19.2 Å². The van der Waals surface area contributed by atoms with E-state index < -0.39 is 0 Å². The van der Waals surface area contributed by atoms with E-state index in [2.05, 4.69) is 65.2 Å². The number of hydrogen-bond donors (Lipinski definition) is 0. The molecule has 0 bridgehead atoms. The fourth-order valence-electron chi connectivity index (χ4n) is 3.28. The average molecular weight is 439 g/mol. The lowest BCUT2D eigenvalue weighted by molar-refractivity contribution is 0.271. The number of hydrogen-bond acceptors (Lipinski definition) is 3. The molecule has 0 aliphatic carbocycles. The van der Waals surface area contributed by atoms with Crippen LogP contribution in [0.1, 0.15) is 19.5 Å².